The molecule has 0 bridgehead atoms. The van der Waals surface area contributed by atoms with Crippen LogP contribution in [-0.4, -0.2) is 29.0 Å². The zero-order valence-corrected chi connectivity index (χ0v) is 16.8. The molecule has 3 N–H and O–H groups in total. The Hall–Kier alpha value is -2.96. The Bertz CT molecular complexity index is 1100. The largest absolute Gasteiger partial charge is 0.396 e. The van der Waals surface area contributed by atoms with Crippen molar-refractivity contribution in [3.05, 3.63) is 71.2 Å². The van der Waals surface area contributed by atoms with Crippen LogP contribution in [0.5, 0.6) is 0 Å². The SMILES string of the molecule is CN(C)Cc1ccc(-c2ccc(N)c(NCc3ccc4ncccc4c3)n2)s1. The van der Waals surface area contributed by atoms with Gasteiger partial charge >= 0.3 is 0 Å². The molecule has 0 unspecified atom stereocenters. The molecule has 0 aliphatic rings. The van der Waals surface area contributed by atoms with Crippen molar-refractivity contribution < 1.29 is 0 Å². The van der Waals surface area contributed by atoms with Crippen molar-refractivity contribution in [2.75, 3.05) is 25.1 Å². The van der Waals surface area contributed by atoms with Crippen molar-refractivity contribution in [2.24, 2.45) is 0 Å². The molecule has 1 aromatic carbocycles. The highest BCUT2D eigenvalue weighted by Gasteiger charge is 2.09. The third-order valence-corrected chi connectivity index (χ3v) is 5.53. The summed E-state index contributed by atoms with van der Waals surface area (Å²) in [6.07, 6.45) is 1.81. The average Bonchev–Trinajstić information content (AvgIpc) is 3.15. The fourth-order valence-electron chi connectivity index (χ4n) is 3.08. The number of nitrogen functional groups attached to an aromatic ring is 1. The highest BCUT2D eigenvalue weighted by atomic mass is 32.1. The smallest absolute Gasteiger partial charge is 0.150 e. The number of fused-ring (bicyclic) bond motifs is 1. The second kappa shape index (κ2) is 7.96. The van der Waals surface area contributed by atoms with Crippen LogP contribution >= 0.6 is 11.3 Å². The third kappa shape index (κ3) is 4.13. The minimum atomic E-state index is 0.649. The highest BCUT2D eigenvalue weighted by molar-refractivity contribution is 7.15. The van der Waals surface area contributed by atoms with Crippen LogP contribution < -0.4 is 11.1 Å². The van der Waals surface area contributed by atoms with E-state index in [1.165, 1.54) is 4.88 Å². The molecule has 28 heavy (non-hydrogen) atoms. The number of rotatable bonds is 6. The second-order valence-electron chi connectivity index (χ2n) is 7.02. The third-order valence-electron chi connectivity index (χ3n) is 4.44. The first-order valence-corrected chi connectivity index (χ1v) is 9.98. The van der Waals surface area contributed by atoms with E-state index in [-0.39, 0.29) is 0 Å². The molecule has 4 aromatic rings. The van der Waals surface area contributed by atoms with Gasteiger partial charge in [-0.2, -0.15) is 0 Å². The van der Waals surface area contributed by atoms with Crippen molar-refractivity contribution in [3.63, 3.8) is 0 Å². The first-order valence-electron chi connectivity index (χ1n) is 9.16. The molecule has 0 saturated carbocycles. The normalized spacial score (nSPS) is 11.2. The average molecular weight is 390 g/mol. The molecule has 0 atom stereocenters. The van der Waals surface area contributed by atoms with Crippen molar-refractivity contribution >= 4 is 33.7 Å². The predicted octanol–water partition coefficient (Wildman–Crippen LogP) is 4.61. The maximum Gasteiger partial charge on any atom is 0.150 e. The number of anilines is 2. The van der Waals surface area contributed by atoms with Crippen LogP contribution in [-0.2, 0) is 13.1 Å². The fraction of sp³-hybridized carbons (Fsp3) is 0.182. The minimum absolute atomic E-state index is 0.649. The number of nitrogens with zero attached hydrogens (tertiary/aromatic N) is 3. The zero-order valence-electron chi connectivity index (χ0n) is 16.0. The monoisotopic (exact) mass is 389 g/mol. The van der Waals surface area contributed by atoms with E-state index in [0.29, 0.717) is 18.1 Å². The summed E-state index contributed by atoms with van der Waals surface area (Å²) in [6.45, 7) is 1.59. The van der Waals surface area contributed by atoms with Gasteiger partial charge in [-0.05, 0) is 62.1 Å². The van der Waals surface area contributed by atoms with E-state index in [2.05, 4.69) is 59.6 Å². The molecule has 3 aromatic heterocycles. The molecule has 0 saturated heterocycles. The van der Waals surface area contributed by atoms with E-state index in [9.17, 15) is 0 Å². The molecule has 0 spiro atoms. The van der Waals surface area contributed by atoms with E-state index >= 15 is 0 Å². The van der Waals surface area contributed by atoms with Crippen molar-refractivity contribution in [3.8, 4) is 10.6 Å². The predicted molar refractivity (Wildman–Crippen MR) is 118 cm³/mol. The maximum absolute atomic E-state index is 6.16. The summed E-state index contributed by atoms with van der Waals surface area (Å²) in [4.78, 5) is 13.8. The molecule has 0 aliphatic carbocycles. The van der Waals surface area contributed by atoms with Gasteiger partial charge in [0.05, 0.1) is 21.8 Å². The van der Waals surface area contributed by atoms with Crippen LogP contribution in [0.15, 0.2) is 60.8 Å². The zero-order chi connectivity index (χ0) is 19.5. The molecule has 0 radical (unpaired) electrons. The summed E-state index contributed by atoms with van der Waals surface area (Å²) in [7, 11) is 4.15. The van der Waals surface area contributed by atoms with Gasteiger partial charge in [0.2, 0.25) is 0 Å². The van der Waals surface area contributed by atoms with Gasteiger partial charge in [-0.15, -0.1) is 11.3 Å². The summed E-state index contributed by atoms with van der Waals surface area (Å²) in [5.41, 5.74) is 9.90. The van der Waals surface area contributed by atoms with E-state index in [0.717, 1.165) is 33.6 Å². The lowest BCUT2D eigenvalue weighted by Crippen LogP contribution is -2.09. The molecule has 142 valence electrons. The van der Waals surface area contributed by atoms with Crippen LogP contribution in [0.25, 0.3) is 21.5 Å². The van der Waals surface area contributed by atoms with Gasteiger partial charge in [0.25, 0.3) is 0 Å². The lowest BCUT2D eigenvalue weighted by molar-refractivity contribution is 0.406. The lowest BCUT2D eigenvalue weighted by Gasteiger charge is -2.10. The first kappa shape index (κ1) is 18.4. The molecule has 0 amide bonds. The molecule has 0 fully saturated rings. The van der Waals surface area contributed by atoms with Gasteiger partial charge in [0.15, 0.2) is 0 Å². The van der Waals surface area contributed by atoms with Crippen molar-refractivity contribution in [2.45, 2.75) is 13.1 Å². The molecule has 5 nitrogen and oxygen atoms in total. The molecular formula is C22H23N5S. The molecule has 0 aliphatic heterocycles. The van der Waals surface area contributed by atoms with Crippen LogP contribution in [0.3, 0.4) is 0 Å². The molecule has 4 rings (SSSR count). The quantitative estimate of drug-likeness (QED) is 0.504. The topological polar surface area (TPSA) is 67.1 Å². The number of hydrogen-bond donors (Lipinski definition) is 2. The number of nitrogens with one attached hydrogen (secondary N) is 1. The maximum atomic E-state index is 6.16. The Labute approximate surface area is 168 Å². The van der Waals surface area contributed by atoms with E-state index in [4.69, 9.17) is 10.7 Å². The highest BCUT2D eigenvalue weighted by Crippen LogP contribution is 2.30. The summed E-state index contributed by atoms with van der Waals surface area (Å²) in [6, 6.07) is 18.5. The standard InChI is InChI=1S/C22H23N5S/c1-27(2)14-17-6-10-21(28-17)20-9-7-18(23)22(26-20)25-13-15-5-8-19-16(12-15)4-3-11-24-19/h3-12H,13-14,23H2,1-2H3,(H,25,26). The molecular weight excluding hydrogens is 366 g/mol. The van der Waals surface area contributed by atoms with Gasteiger partial charge < -0.3 is 16.0 Å². The van der Waals surface area contributed by atoms with Crippen LogP contribution in [0.2, 0.25) is 0 Å². The Morgan fingerprint density at radius 3 is 2.82 bits per heavy atom. The van der Waals surface area contributed by atoms with Gasteiger partial charge in [0, 0.05) is 29.5 Å². The van der Waals surface area contributed by atoms with Crippen molar-refractivity contribution in [1.82, 2.24) is 14.9 Å². The van der Waals surface area contributed by atoms with E-state index in [1.807, 2.05) is 30.5 Å². The number of thiophene rings is 1. The Balaban J connectivity index is 1.52. The van der Waals surface area contributed by atoms with Gasteiger partial charge in [0.1, 0.15) is 5.82 Å². The minimum Gasteiger partial charge on any atom is -0.396 e. The van der Waals surface area contributed by atoms with Crippen LogP contribution in [0.1, 0.15) is 10.4 Å². The number of benzene rings is 1. The van der Waals surface area contributed by atoms with Crippen LogP contribution in [0, 0.1) is 0 Å². The number of hydrogen-bond acceptors (Lipinski definition) is 6. The Kier molecular flexibility index (Phi) is 5.23. The first-order chi connectivity index (χ1) is 13.6. The van der Waals surface area contributed by atoms with Crippen LogP contribution in [0.4, 0.5) is 11.5 Å². The molecule has 3 heterocycles. The number of pyridine rings is 2. The summed E-state index contributed by atoms with van der Waals surface area (Å²) < 4.78 is 0. The summed E-state index contributed by atoms with van der Waals surface area (Å²) in [5, 5.41) is 4.51. The Morgan fingerprint density at radius 1 is 1.07 bits per heavy atom. The van der Waals surface area contributed by atoms with E-state index < -0.39 is 0 Å². The fourth-order valence-corrected chi connectivity index (χ4v) is 4.18. The lowest BCUT2D eigenvalue weighted by atomic mass is 10.1. The van der Waals surface area contributed by atoms with Gasteiger partial charge in [-0.1, -0.05) is 12.1 Å². The number of aromatic nitrogens is 2. The summed E-state index contributed by atoms with van der Waals surface area (Å²) in [5.74, 6) is 0.714. The second-order valence-corrected chi connectivity index (χ2v) is 8.19. The Morgan fingerprint density at radius 2 is 1.96 bits per heavy atom. The van der Waals surface area contributed by atoms with Gasteiger partial charge in [-0.25, -0.2) is 4.98 Å². The van der Waals surface area contributed by atoms with Gasteiger partial charge in [-0.3, -0.25) is 4.98 Å². The van der Waals surface area contributed by atoms with Crippen molar-refractivity contribution in [1.29, 1.82) is 0 Å². The number of nitrogens with two attached hydrogens (primary N) is 1. The van der Waals surface area contributed by atoms with E-state index in [1.54, 1.807) is 11.3 Å². The summed E-state index contributed by atoms with van der Waals surface area (Å²) >= 11 is 1.77. The molecule has 6 heteroatoms.